The van der Waals surface area contributed by atoms with Crippen molar-refractivity contribution in [2.45, 2.75) is 106 Å². The minimum Gasteiger partial charge on any atom is -0.444 e. The number of benzene rings is 3. The number of amides is 3. The highest BCUT2D eigenvalue weighted by Gasteiger charge is 2.27. The van der Waals surface area contributed by atoms with E-state index >= 15 is 0 Å². The van der Waals surface area contributed by atoms with Gasteiger partial charge in [-0.1, -0.05) is 48.5 Å². The molecular weight excluding hydrogens is 811 g/mol. The first-order valence-corrected chi connectivity index (χ1v) is 22.3. The van der Waals surface area contributed by atoms with Gasteiger partial charge in [-0.15, -0.1) is 28.1 Å². The molecule has 4 aromatic rings. The van der Waals surface area contributed by atoms with Crippen molar-refractivity contribution in [2.24, 2.45) is 9.98 Å². The molecule has 0 unspecified atom stereocenters. The number of thioether (sulfide) groups is 1. The summed E-state index contributed by atoms with van der Waals surface area (Å²) in [5.41, 5.74) is 1.46. The number of aryl methyl sites for hydroxylation is 1. The molecule has 16 heteroatoms. The summed E-state index contributed by atoms with van der Waals surface area (Å²) in [6.45, 7) is 17.8. The van der Waals surface area contributed by atoms with Crippen LogP contribution in [0.3, 0.4) is 0 Å². The summed E-state index contributed by atoms with van der Waals surface area (Å²) in [6.07, 6.45) is 1.11. The molecule has 0 atom stereocenters. The summed E-state index contributed by atoms with van der Waals surface area (Å²) in [7, 11) is -4.00. The normalized spacial score (nSPS) is 12.6. The van der Waals surface area contributed by atoms with Gasteiger partial charge in [0.25, 0.3) is 0 Å². The van der Waals surface area contributed by atoms with Gasteiger partial charge in [-0.2, -0.15) is 0 Å². The minimum atomic E-state index is -4.00. The predicted octanol–water partition coefficient (Wildman–Crippen LogP) is 10.3. The molecule has 0 aliphatic rings. The second kappa shape index (κ2) is 19.3. The summed E-state index contributed by atoms with van der Waals surface area (Å²) >= 11 is 2.47. The van der Waals surface area contributed by atoms with Gasteiger partial charge in [-0.25, -0.2) is 27.8 Å². The molecule has 4 rings (SSSR count). The quantitative estimate of drug-likeness (QED) is 0.0678. The first kappa shape index (κ1) is 46.5. The highest BCUT2D eigenvalue weighted by Crippen LogP contribution is 2.41. The van der Waals surface area contributed by atoms with Crippen LogP contribution in [0.25, 0.3) is 11.1 Å². The monoisotopic (exact) mass is 863 g/mol. The van der Waals surface area contributed by atoms with E-state index in [0.717, 1.165) is 16.7 Å². The molecule has 0 spiro atoms. The number of guanidine groups is 1. The Bertz CT molecular complexity index is 2300. The van der Waals surface area contributed by atoms with E-state index in [4.69, 9.17) is 14.2 Å². The van der Waals surface area contributed by atoms with Crippen LogP contribution in [0.1, 0.15) is 73.4 Å². The lowest BCUT2D eigenvalue weighted by Gasteiger charge is -2.28. The number of carbonyl (C=O) groups excluding carboxylic acids is 3. The number of ether oxygens (including phenoxy) is 3. The zero-order valence-corrected chi connectivity index (χ0v) is 37.8. The molecule has 59 heavy (non-hydrogen) atoms. The van der Waals surface area contributed by atoms with E-state index in [1.54, 1.807) is 91.7 Å². The average molecular weight is 864 g/mol. The smallest absolute Gasteiger partial charge is 0.437 e. The molecule has 0 fully saturated rings. The van der Waals surface area contributed by atoms with Gasteiger partial charge >= 0.3 is 18.3 Å². The lowest BCUT2D eigenvalue weighted by Crippen LogP contribution is -2.47. The Morgan fingerprint density at radius 1 is 0.814 bits per heavy atom. The van der Waals surface area contributed by atoms with Gasteiger partial charge in [0.05, 0.1) is 20.3 Å². The number of nitrogens with zero attached hydrogens (tertiary/aromatic N) is 3. The van der Waals surface area contributed by atoms with Crippen LogP contribution in [0.15, 0.2) is 103 Å². The van der Waals surface area contributed by atoms with Gasteiger partial charge in [0.15, 0.2) is 0 Å². The molecule has 1 aromatic heterocycles. The van der Waals surface area contributed by atoms with Crippen molar-refractivity contribution in [3.05, 3.63) is 90.0 Å². The van der Waals surface area contributed by atoms with Crippen LogP contribution in [0.2, 0.25) is 0 Å². The maximum atomic E-state index is 14.1. The third-order valence-corrected chi connectivity index (χ3v) is 12.0. The largest absolute Gasteiger partial charge is 0.444 e. The molecule has 3 aromatic carbocycles. The lowest BCUT2D eigenvalue weighted by molar-refractivity contribution is 0.0549. The van der Waals surface area contributed by atoms with Crippen molar-refractivity contribution < 1.29 is 37.0 Å². The fourth-order valence-electron chi connectivity index (χ4n) is 5.46. The van der Waals surface area contributed by atoms with E-state index < -0.39 is 44.9 Å². The van der Waals surface area contributed by atoms with Gasteiger partial charge in [0.2, 0.25) is 15.8 Å². The number of sulfone groups is 1. The van der Waals surface area contributed by atoms with E-state index in [2.05, 4.69) is 20.6 Å². The van der Waals surface area contributed by atoms with Crippen molar-refractivity contribution in [1.29, 1.82) is 0 Å². The number of anilines is 1. The summed E-state index contributed by atoms with van der Waals surface area (Å²) < 4.78 is 45.1. The second-order valence-corrected chi connectivity index (χ2v) is 20.3. The lowest BCUT2D eigenvalue weighted by atomic mass is 9.99. The van der Waals surface area contributed by atoms with Crippen LogP contribution in [0.4, 0.5) is 25.1 Å². The predicted molar refractivity (Wildman–Crippen MR) is 236 cm³/mol. The third-order valence-electron chi connectivity index (χ3n) is 7.80. The Hall–Kier alpha value is -5.19. The molecule has 0 radical (unpaired) electrons. The maximum Gasteiger partial charge on any atom is 0.437 e. The molecule has 316 valence electrons. The van der Waals surface area contributed by atoms with Gasteiger partial charge < -0.3 is 19.1 Å². The van der Waals surface area contributed by atoms with Crippen LogP contribution in [-0.2, 0) is 30.5 Å². The molecule has 1 heterocycles. The summed E-state index contributed by atoms with van der Waals surface area (Å²) in [5, 5.41) is 5.51. The Kier molecular flexibility index (Phi) is 15.2. The van der Waals surface area contributed by atoms with Crippen LogP contribution in [-0.4, -0.2) is 68.6 Å². The van der Waals surface area contributed by atoms with E-state index in [1.165, 1.54) is 35.5 Å². The van der Waals surface area contributed by atoms with Crippen molar-refractivity contribution >= 4 is 74.2 Å². The van der Waals surface area contributed by atoms with Crippen LogP contribution in [0.5, 0.6) is 0 Å². The summed E-state index contributed by atoms with van der Waals surface area (Å²) in [5.74, 6) is -0.0886. The second-order valence-electron chi connectivity index (χ2n) is 16.3. The summed E-state index contributed by atoms with van der Waals surface area (Å²) in [6, 6.07) is 23.5. The highest BCUT2D eigenvalue weighted by atomic mass is 32.2. The first-order chi connectivity index (χ1) is 27.4. The molecule has 0 aliphatic heterocycles. The van der Waals surface area contributed by atoms with E-state index in [1.807, 2.05) is 61.5 Å². The van der Waals surface area contributed by atoms with Gasteiger partial charge in [-0.05, 0) is 134 Å². The summed E-state index contributed by atoms with van der Waals surface area (Å²) in [4.78, 5) is 48.7. The minimum absolute atomic E-state index is 0.0886. The van der Waals surface area contributed by atoms with Gasteiger partial charge in [0, 0.05) is 12.2 Å². The van der Waals surface area contributed by atoms with Crippen molar-refractivity contribution in [2.75, 3.05) is 17.7 Å². The number of alkyl carbamates (subject to hydrolysis) is 2. The Morgan fingerprint density at radius 2 is 1.46 bits per heavy atom. The Labute approximate surface area is 355 Å². The number of aliphatic imine (C=N–C) groups is 2. The number of rotatable bonds is 10. The first-order valence-electron chi connectivity index (χ1n) is 18.7. The maximum absolute atomic E-state index is 14.1. The topological polar surface area (TPSA) is 165 Å². The molecule has 0 saturated heterocycles. The van der Waals surface area contributed by atoms with Crippen LogP contribution in [0, 0.1) is 6.92 Å². The van der Waals surface area contributed by atoms with E-state index in [0.29, 0.717) is 33.4 Å². The van der Waals surface area contributed by atoms with Crippen molar-refractivity contribution in [1.82, 2.24) is 10.6 Å². The highest BCUT2D eigenvalue weighted by molar-refractivity contribution is 8.01. The van der Waals surface area contributed by atoms with Crippen LogP contribution < -0.4 is 15.5 Å². The SMILES string of the molecule is CSc1sc(/N=C/NC(=O)OC(C)(C)C)cc1S(=O)(=O)c1cccc(-c2ccc(N(CCc3ccccc3)/C(=N\C(=O)OC(C)(C)C)NC(=O)OC(C)(C)C)cc2C)c1. The molecular formula is C43H53N5O8S3. The number of thiophene rings is 1. The number of nitrogens with one attached hydrogen (secondary N) is 2. The number of carbonyl (C=O) groups is 3. The molecule has 0 aliphatic carbocycles. The number of hydrogen-bond acceptors (Lipinski definition) is 11. The van der Waals surface area contributed by atoms with Gasteiger partial charge in [0.1, 0.15) is 21.8 Å². The third kappa shape index (κ3) is 14.3. The molecule has 0 saturated carbocycles. The molecule has 2 N–H and O–H groups in total. The van der Waals surface area contributed by atoms with Crippen molar-refractivity contribution in [3.8, 4) is 11.1 Å². The number of hydrogen-bond donors (Lipinski definition) is 2. The van der Waals surface area contributed by atoms with Crippen molar-refractivity contribution in [3.63, 3.8) is 0 Å². The van der Waals surface area contributed by atoms with E-state index in [-0.39, 0.29) is 15.8 Å². The molecule has 0 bridgehead atoms. The fourth-order valence-corrected chi connectivity index (χ4v) is 9.33. The Balaban J connectivity index is 1.71. The molecule has 3 amide bonds. The standard InChI is InChI=1S/C43H53N5O8S3/c1-28-24-31(48(23-22-29-16-13-12-14-17-29)37(46-39(50)55-42(5,6)7)47-40(51)56-43(8,9)10)20-21-33(28)30-18-15-19-32(25-30)59(52,53)34-26-35(58-36(34)57-11)44-27-45-38(49)54-41(2,3)4/h12-21,24-27H,22-23H2,1-11H3,(H,44,45,49)(H,46,47,50,51). The molecule has 13 nitrogen and oxygen atoms in total. The average Bonchev–Trinajstić information content (AvgIpc) is 3.54. The van der Waals surface area contributed by atoms with E-state index in [9.17, 15) is 22.8 Å². The fraction of sp³-hybridized carbons (Fsp3) is 0.372. The zero-order chi connectivity index (χ0) is 43.8. The zero-order valence-electron chi connectivity index (χ0n) is 35.3. The van der Waals surface area contributed by atoms with Gasteiger partial charge in [-0.3, -0.25) is 10.6 Å². The Morgan fingerprint density at radius 3 is 2.07 bits per heavy atom. The van der Waals surface area contributed by atoms with Crippen LogP contribution >= 0.6 is 23.1 Å².